The Labute approximate surface area is 219 Å². The van der Waals surface area contributed by atoms with Gasteiger partial charge in [-0.3, -0.25) is 0 Å². The fraction of sp³-hybridized carbons (Fsp3) is 0.290. The van der Waals surface area contributed by atoms with Gasteiger partial charge in [0.2, 0.25) is 0 Å². The number of aryl methyl sites for hydroxylation is 5. The molecule has 0 aliphatic rings. The molecular formula is C31H29F5O2. The van der Waals surface area contributed by atoms with Crippen molar-refractivity contribution in [1.29, 1.82) is 0 Å². The summed E-state index contributed by atoms with van der Waals surface area (Å²) < 4.78 is 76.8. The van der Waals surface area contributed by atoms with Crippen LogP contribution in [-0.4, -0.2) is 20.3 Å². The summed E-state index contributed by atoms with van der Waals surface area (Å²) in [6.07, 6.45) is 4.01. The van der Waals surface area contributed by atoms with Gasteiger partial charge in [0.05, 0.1) is 0 Å². The molecule has 200 valence electrons. The number of methoxy groups -OCH3 is 1. The predicted molar refractivity (Wildman–Crippen MR) is 138 cm³/mol. The van der Waals surface area contributed by atoms with E-state index in [2.05, 4.69) is 29.0 Å². The van der Waals surface area contributed by atoms with E-state index in [9.17, 15) is 17.6 Å². The molecule has 0 heterocycles. The maximum absolute atomic E-state index is 15.2. The summed E-state index contributed by atoms with van der Waals surface area (Å²) in [5, 5.41) is 1.26. The van der Waals surface area contributed by atoms with Gasteiger partial charge >= 0.3 is 6.61 Å². The zero-order valence-corrected chi connectivity index (χ0v) is 21.1. The van der Waals surface area contributed by atoms with Gasteiger partial charge in [0.25, 0.3) is 0 Å². The lowest BCUT2D eigenvalue weighted by molar-refractivity contribution is -0.0546. The topological polar surface area (TPSA) is 18.5 Å². The van der Waals surface area contributed by atoms with Crippen molar-refractivity contribution in [2.45, 2.75) is 45.1 Å². The van der Waals surface area contributed by atoms with Gasteiger partial charge in [0.1, 0.15) is 5.82 Å². The first kappa shape index (κ1) is 27.6. The molecule has 7 heteroatoms. The first-order valence-electron chi connectivity index (χ1n) is 12.5. The fourth-order valence-corrected chi connectivity index (χ4v) is 4.55. The number of alkyl halides is 2. The van der Waals surface area contributed by atoms with E-state index in [0.29, 0.717) is 10.9 Å². The van der Waals surface area contributed by atoms with Crippen molar-refractivity contribution in [3.05, 3.63) is 112 Å². The molecule has 4 aromatic carbocycles. The lowest BCUT2D eigenvalue weighted by atomic mass is 9.97. The zero-order chi connectivity index (χ0) is 27.1. The standard InChI is InChI=1S/C31H29F5O2/c1-37-16-2-3-20-4-6-21(7-5-20)8-9-22-11-15-26-25(17-22)14-13-24(29(26)34)12-10-23-18-27(32)30(28(33)19-23)38-31(35)36/h4-7,11,13-15,17-19,31H,2-3,8-10,12,16H2,1H3. The molecule has 0 aromatic heterocycles. The minimum Gasteiger partial charge on any atom is -0.429 e. The molecule has 0 atom stereocenters. The summed E-state index contributed by atoms with van der Waals surface area (Å²) in [5.74, 6) is -3.93. The van der Waals surface area contributed by atoms with Gasteiger partial charge in [0, 0.05) is 19.1 Å². The van der Waals surface area contributed by atoms with Crippen LogP contribution in [0.5, 0.6) is 5.75 Å². The lowest BCUT2D eigenvalue weighted by Gasteiger charge is -2.11. The van der Waals surface area contributed by atoms with Crippen LogP contribution >= 0.6 is 0 Å². The molecule has 0 unspecified atom stereocenters. The molecule has 0 aliphatic carbocycles. The van der Waals surface area contributed by atoms with Gasteiger partial charge in [-0.05, 0) is 83.9 Å². The fourth-order valence-electron chi connectivity index (χ4n) is 4.55. The minimum atomic E-state index is -3.33. The monoisotopic (exact) mass is 528 g/mol. The molecule has 0 fully saturated rings. The number of hydrogen-bond acceptors (Lipinski definition) is 2. The van der Waals surface area contributed by atoms with Crippen LogP contribution in [-0.2, 0) is 36.8 Å². The molecule has 38 heavy (non-hydrogen) atoms. The Hall–Kier alpha value is -3.45. The Balaban J connectivity index is 1.39. The number of rotatable bonds is 12. The summed E-state index contributed by atoms with van der Waals surface area (Å²) in [6, 6.07) is 19.6. The quantitative estimate of drug-likeness (QED) is 0.137. The normalized spacial score (nSPS) is 11.4. The number of ether oxygens (including phenoxy) is 2. The largest absolute Gasteiger partial charge is 0.429 e. The third kappa shape index (κ3) is 7.10. The summed E-state index contributed by atoms with van der Waals surface area (Å²) in [5.41, 5.74) is 4.26. The van der Waals surface area contributed by atoms with Gasteiger partial charge in [-0.15, -0.1) is 0 Å². The average Bonchev–Trinajstić information content (AvgIpc) is 2.90. The molecule has 0 radical (unpaired) electrons. The lowest BCUT2D eigenvalue weighted by Crippen LogP contribution is -2.06. The highest BCUT2D eigenvalue weighted by atomic mass is 19.3. The molecule has 0 spiro atoms. The van der Waals surface area contributed by atoms with Gasteiger partial charge in [-0.2, -0.15) is 8.78 Å². The highest BCUT2D eigenvalue weighted by Gasteiger charge is 2.17. The number of halogens is 5. The van der Waals surface area contributed by atoms with E-state index in [1.807, 2.05) is 18.2 Å². The molecule has 0 amide bonds. The van der Waals surface area contributed by atoms with Crippen LogP contribution in [0.1, 0.15) is 34.2 Å². The summed E-state index contributed by atoms with van der Waals surface area (Å²) >= 11 is 0. The molecule has 0 saturated carbocycles. The van der Waals surface area contributed by atoms with E-state index in [-0.39, 0.29) is 24.2 Å². The summed E-state index contributed by atoms with van der Waals surface area (Å²) in [4.78, 5) is 0. The molecule has 0 aliphatic heterocycles. The Morgan fingerprint density at radius 2 is 1.26 bits per heavy atom. The predicted octanol–water partition coefficient (Wildman–Crippen LogP) is 8.01. The Kier molecular flexibility index (Phi) is 9.34. The number of benzene rings is 4. The molecule has 0 bridgehead atoms. The second-order valence-corrected chi connectivity index (χ2v) is 9.27. The Morgan fingerprint density at radius 1 is 0.658 bits per heavy atom. The molecule has 0 saturated heterocycles. The van der Waals surface area contributed by atoms with Crippen molar-refractivity contribution in [3.8, 4) is 5.75 Å². The third-order valence-electron chi connectivity index (χ3n) is 6.59. The van der Waals surface area contributed by atoms with Gasteiger partial charge < -0.3 is 9.47 Å². The Morgan fingerprint density at radius 3 is 1.92 bits per heavy atom. The summed E-state index contributed by atoms with van der Waals surface area (Å²) in [7, 11) is 1.71. The highest BCUT2D eigenvalue weighted by molar-refractivity contribution is 5.84. The maximum Gasteiger partial charge on any atom is 0.387 e. The van der Waals surface area contributed by atoms with Gasteiger partial charge in [0.15, 0.2) is 17.4 Å². The first-order chi connectivity index (χ1) is 18.3. The van der Waals surface area contributed by atoms with Crippen LogP contribution in [0, 0.1) is 17.5 Å². The molecule has 0 N–H and O–H groups in total. The first-order valence-corrected chi connectivity index (χ1v) is 12.5. The minimum absolute atomic E-state index is 0.133. The number of hydrogen-bond donors (Lipinski definition) is 0. The average molecular weight is 529 g/mol. The van der Waals surface area contributed by atoms with E-state index < -0.39 is 24.0 Å². The van der Waals surface area contributed by atoms with Crippen LogP contribution in [0.15, 0.2) is 66.7 Å². The number of fused-ring (bicyclic) bond motifs is 1. The van der Waals surface area contributed by atoms with E-state index in [1.54, 1.807) is 19.2 Å². The maximum atomic E-state index is 15.2. The van der Waals surface area contributed by atoms with E-state index in [1.165, 1.54) is 11.1 Å². The van der Waals surface area contributed by atoms with Crippen LogP contribution in [0.25, 0.3) is 10.8 Å². The van der Waals surface area contributed by atoms with Crippen LogP contribution < -0.4 is 4.74 Å². The van der Waals surface area contributed by atoms with E-state index >= 15 is 4.39 Å². The third-order valence-corrected chi connectivity index (χ3v) is 6.59. The summed E-state index contributed by atoms with van der Waals surface area (Å²) in [6.45, 7) is -2.58. The van der Waals surface area contributed by atoms with Crippen molar-refractivity contribution in [1.82, 2.24) is 0 Å². The SMILES string of the molecule is COCCCc1ccc(CCc2ccc3c(F)c(CCc4cc(F)c(OC(F)F)c(F)c4)ccc3c2)cc1. The second-order valence-electron chi connectivity index (χ2n) is 9.27. The van der Waals surface area contributed by atoms with Gasteiger partial charge in [-0.1, -0.05) is 54.6 Å². The smallest absolute Gasteiger partial charge is 0.387 e. The van der Waals surface area contributed by atoms with Crippen molar-refractivity contribution in [2.24, 2.45) is 0 Å². The Bertz CT molecular complexity index is 1350. The highest BCUT2D eigenvalue weighted by Crippen LogP contribution is 2.27. The molecule has 4 aromatic rings. The van der Waals surface area contributed by atoms with Gasteiger partial charge in [-0.25, -0.2) is 13.2 Å². The van der Waals surface area contributed by atoms with Crippen LogP contribution in [0.3, 0.4) is 0 Å². The van der Waals surface area contributed by atoms with Crippen LogP contribution in [0.4, 0.5) is 22.0 Å². The molecule has 2 nitrogen and oxygen atoms in total. The van der Waals surface area contributed by atoms with Crippen molar-refractivity contribution in [3.63, 3.8) is 0 Å². The second kappa shape index (κ2) is 12.9. The zero-order valence-electron chi connectivity index (χ0n) is 21.1. The van der Waals surface area contributed by atoms with Crippen LogP contribution in [0.2, 0.25) is 0 Å². The van der Waals surface area contributed by atoms with Crippen molar-refractivity contribution in [2.75, 3.05) is 13.7 Å². The molecular weight excluding hydrogens is 499 g/mol. The van der Waals surface area contributed by atoms with Crippen molar-refractivity contribution < 1.29 is 31.4 Å². The van der Waals surface area contributed by atoms with Crippen molar-refractivity contribution >= 4 is 10.8 Å². The van der Waals surface area contributed by atoms with E-state index in [0.717, 1.165) is 55.4 Å². The van der Waals surface area contributed by atoms with E-state index in [4.69, 9.17) is 4.74 Å². The molecule has 4 rings (SSSR count).